The zero-order valence-electron chi connectivity index (χ0n) is 15.6. The number of anilines is 1. The number of hydrogen-bond acceptors (Lipinski definition) is 3. The van der Waals surface area contributed by atoms with E-state index in [0.29, 0.717) is 23.6 Å². The Bertz CT molecular complexity index is 1130. The predicted octanol–water partition coefficient (Wildman–Crippen LogP) is 5.89. The highest BCUT2D eigenvalue weighted by molar-refractivity contribution is 9.10. The van der Waals surface area contributed by atoms with E-state index in [1.54, 1.807) is 30.3 Å². The normalized spacial score (nSPS) is 14.9. The lowest BCUT2D eigenvalue weighted by Gasteiger charge is -2.11. The van der Waals surface area contributed by atoms with E-state index in [9.17, 15) is 9.59 Å². The van der Waals surface area contributed by atoms with E-state index in [1.807, 2.05) is 48.5 Å². The van der Waals surface area contributed by atoms with Crippen molar-refractivity contribution in [3.8, 4) is 5.75 Å². The molecule has 5 nitrogen and oxygen atoms in total. The summed E-state index contributed by atoms with van der Waals surface area (Å²) in [6, 6.07) is 21.7. The van der Waals surface area contributed by atoms with Crippen molar-refractivity contribution in [1.82, 2.24) is 5.32 Å². The lowest BCUT2D eigenvalue weighted by Crippen LogP contribution is -2.30. The van der Waals surface area contributed by atoms with E-state index in [0.717, 1.165) is 19.4 Å². The van der Waals surface area contributed by atoms with Gasteiger partial charge in [0, 0.05) is 14.5 Å². The molecular weight excluding hydrogens is 512 g/mol. The fraction of sp³-hybridized carbons (Fsp3) is 0.0435. The second-order valence-corrected chi connectivity index (χ2v) is 8.39. The summed E-state index contributed by atoms with van der Waals surface area (Å²) in [6.45, 7) is 0.377. The molecule has 3 amide bonds. The van der Waals surface area contributed by atoms with Crippen molar-refractivity contribution in [2.24, 2.45) is 0 Å². The number of hydrogen-bond donors (Lipinski definition) is 1. The summed E-state index contributed by atoms with van der Waals surface area (Å²) >= 11 is 6.87. The van der Waals surface area contributed by atoms with Crippen molar-refractivity contribution >= 4 is 55.6 Å². The summed E-state index contributed by atoms with van der Waals surface area (Å²) in [5.74, 6) is 0.193. The average molecular weight is 528 g/mol. The number of ether oxygens (including phenoxy) is 1. The van der Waals surface area contributed by atoms with Crippen molar-refractivity contribution in [3.05, 3.63) is 98.6 Å². The Hall–Kier alpha value is -2.90. The molecule has 0 spiro atoms. The lowest BCUT2D eigenvalue weighted by molar-refractivity contribution is -0.113. The molecule has 30 heavy (non-hydrogen) atoms. The minimum atomic E-state index is -0.482. The molecule has 0 aliphatic carbocycles. The van der Waals surface area contributed by atoms with E-state index in [2.05, 4.69) is 37.2 Å². The molecule has 0 radical (unpaired) electrons. The summed E-state index contributed by atoms with van der Waals surface area (Å²) in [7, 11) is 0. The van der Waals surface area contributed by atoms with Crippen molar-refractivity contribution in [1.29, 1.82) is 0 Å². The summed E-state index contributed by atoms with van der Waals surface area (Å²) in [4.78, 5) is 26.3. The number of nitrogens with zero attached hydrogens (tertiary/aromatic N) is 1. The minimum absolute atomic E-state index is 0.190. The third kappa shape index (κ3) is 4.47. The van der Waals surface area contributed by atoms with Crippen LogP contribution in [0.25, 0.3) is 6.08 Å². The monoisotopic (exact) mass is 526 g/mol. The molecule has 150 valence electrons. The van der Waals surface area contributed by atoms with Gasteiger partial charge in [-0.05, 0) is 54.1 Å². The minimum Gasteiger partial charge on any atom is -0.488 e. The molecule has 1 fully saturated rings. The van der Waals surface area contributed by atoms with Gasteiger partial charge in [-0.3, -0.25) is 4.79 Å². The molecule has 0 unspecified atom stereocenters. The number of halogens is 2. The molecule has 1 N–H and O–H groups in total. The van der Waals surface area contributed by atoms with Gasteiger partial charge in [0.1, 0.15) is 18.1 Å². The van der Waals surface area contributed by atoms with Crippen LogP contribution in [0.2, 0.25) is 0 Å². The van der Waals surface area contributed by atoms with Crippen LogP contribution in [0.15, 0.2) is 87.4 Å². The highest BCUT2D eigenvalue weighted by Crippen LogP contribution is 2.28. The largest absolute Gasteiger partial charge is 0.488 e. The van der Waals surface area contributed by atoms with Crippen LogP contribution < -0.4 is 15.0 Å². The second kappa shape index (κ2) is 8.85. The van der Waals surface area contributed by atoms with Gasteiger partial charge >= 0.3 is 6.03 Å². The topological polar surface area (TPSA) is 58.6 Å². The van der Waals surface area contributed by atoms with E-state index < -0.39 is 11.9 Å². The van der Waals surface area contributed by atoms with E-state index in [1.165, 1.54) is 0 Å². The fourth-order valence-corrected chi connectivity index (χ4v) is 3.65. The van der Waals surface area contributed by atoms with Crippen LogP contribution in [-0.2, 0) is 11.4 Å². The van der Waals surface area contributed by atoms with Gasteiger partial charge < -0.3 is 10.1 Å². The molecule has 1 saturated heterocycles. The zero-order chi connectivity index (χ0) is 21.1. The number of nitrogens with one attached hydrogen (secondary N) is 1. The van der Waals surface area contributed by atoms with Gasteiger partial charge in [-0.1, -0.05) is 62.2 Å². The molecule has 1 aliphatic rings. The van der Waals surface area contributed by atoms with Crippen LogP contribution in [0.5, 0.6) is 5.75 Å². The SMILES string of the molecule is O=C1N/C(=C/c2cc(Br)ccc2OCc2ccc(Br)cc2)C(=O)N1c1ccccc1. The Morgan fingerprint density at radius 2 is 1.60 bits per heavy atom. The summed E-state index contributed by atoms with van der Waals surface area (Å²) in [5, 5.41) is 2.65. The summed E-state index contributed by atoms with van der Waals surface area (Å²) in [5.41, 5.74) is 2.40. The Morgan fingerprint density at radius 1 is 0.900 bits per heavy atom. The first kappa shape index (κ1) is 20.4. The first-order valence-corrected chi connectivity index (χ1v) is 10.7. The number of amides is 3. The summed E-state index contributed by atoms with van der Waals surface area (Å²) in [6.07, 6.45) is 1.63. The average Bonchev–Trinajstić information content (AvgIpc) is 3.02. The van der Waals surface area contributed by atoms with Crippen molar-refractivity contribution in [3.63, 3.8) is 0 Å². The third-order valence-corrected chi connectivity index (χ3v) is 5.49. The fourth-order valence-electron chi connectivity index (χ4n) is 3.01. The number of para-hydroxylation sites is 1. The van der Waals surface area contributed by atoms with Crippen LogP contribution in [0.4, 0.5) is 10.5 Å². The molecule has 4 rings (SSSR count). The maximum absolute atomic E-state index is 12.8. The molecule has 1 aliphatic heterocycles. The molecule has 7 heteroatoms. The first-order valence-electron chi connectivity index (χ1n) is 9.10. The molecule has 0 aromatic heterocycles. The Kier molecular flexibility index (Phi) is 6.01. The van der Waals surface area contributed by atoms with Gasteiger partial charge in [0.15, 0.2) is 0 Å². The van der Waals surface area contributed by atoms with E-state index >= 15 is 0 Å². The van der Waals surface area contributed by atoms with Crippen LogP contribution in [-0.4, -0.2) is 11.9 Å². The predicted molar refractivity (Wildman–Crippen MR) is 123 cm³/mol. The molecule has 0 bridgehead atoms. The van der Waals surface area contributed by atoms with Crippen LogP contribution in [0, 0.1) is 0 Å². The molecule has 3 aromatic carbocycles. The van der Waals surface area contributed by atoms with Crippen molar-refractivity contribution in [2.75, 3.05) is 4.90 Å². The van der Waals surface area contributed by atoms with Crippen molar-refractivity contribution in [2.45, 2.75) is 6.61 Å². The van der Waals surface area contributed by atoms with Gasteiger partial charge in [-0.25, -0.2) is 9.69 Å². The van der Waals surface area contributed by atoms with Crippen LogP contribution >= 0.6 is 31.9 Å². The van der Waals surface area contributed by atoms with E-state index in [-0.39, 0.29) is 5.70 Å². The maximum Gasteiger partial charge on any atom is 0.333 e. The highest BCUT2D eigenvalue weighted by atomic mass is 79.9. The standard InChI is InChI=1S/C23H16Br2N2O3/c24-17-8-6-15(7-9-17)14-30-21-11-10-18(25)12-16(21)13-20-22(28)27(23(29)26-20)19-4-2-1-3-5-19/h1-13H,14H2,(H,26,29)/b20-13+. The van der Waals surface area contributed by atoms with Gasteiger partial charge in [0.2, 0.25) is 0 Å². The van der Waals surface area contributed by atoms with Gasteiger partial charge in [-0.15, -0.1) is 0 Å². The highest BCUT2D eigenvalue weighted by Gasteiger charge is 2.34. The molecule has 0 saturated carbocycles. The third-order valence-electron chi connectivity index (χ3n) is 4.47. The Morgan fingerprint density at radius 3 is 2.33 bits per heavy atom. The lowest BCUT2D eigenvalue weighted by atomic mass is 10.1. The summed E-state index contributed by atoms with van der Waals surface area (Å²) < 4.78 is 7.82. The number of rotatable bonds is 5. The molecule has 0 atom stereocenters. The van der Waals surface area contributed by atoms with Gasteiger partial charge in [0.25, 0.3) is 5.91 Å². The van der Waals surface area contributed by atoms with Gasteiger partial charge in [-0.2, -0.15) is 0 Å². The Balaban J connectivity index is 1.60. The number of carbonyl (C=O) groups excluding carboxylic acids is 2. The van der Waals surface area contributed by atoms with Crippen LogP contribution in [0.1, 0.15) is 11.1 Å². The number of benzene rings is 3. The zero-order valence-corrected chi connectivity index (χ0v) is 18.8. The second-order valence-electron chi connectivity index (χ2n) is 6.56. The maximum atomic E-state index is 12.8. The number of imide groups is 1. The first-order chi connectivity index (χ1) is 14.5. The quantitative estimate of drug-likeness (QED) is 0.332. The van der Waals surface area contributed by atoms with Crippen molar-refractivity contribution < 1.29 is 14.3 Å². The van der Waals surface area contributed by atoms with Gasteiger partial charge in [0.05, 0.1) is 5.69 Å². The molecule has 3 aromatic rings. The number of carbonyl (C=O) groups is 2. The number of urea groups is 1. The molecular formula is C23H16Br2N2O3. The van der Waals surface area contributed by atoms with Crippen LogP contribution in [0.3, 0.4) is 0 Å². The van der Waals surface area contributed by atoms with E-state index in [4.69, 9.17) is 4.74 Å². The Labute approximate surface area is 190 Å². The molecule has 1 heterocycles. The smallest absolute Gasteiger partial charge is 0.333 e.